The SMILES string of the molecule is CC(C)(C)OC(=O)N[C@H]1CCc2cc(N)ccc21. The molecule has 1 atom stereocenters. The van der Waals surface area contributed by atoms with Crippen molar-refractivity contribution in [2.45, 2.75) is 45.3 Å². The van der Waals surface area contributed by atoms with Crippen LogP contribution in [0.1, 0.15) is 44.4 Å². The molecule has 0 aliphatic heterocycles. The van der Waals surface area contributed by atoms with Crippen molar-refractivity contribution in [2.24, 2.45) is 0 Å². The number of carbonyl (C=O) groups is 1. The highest BCUT2D eigenvalue weighted by Crippen LogP contribution is 2.32. The Morgan fingerprint density at radius 3 is 2.83 bits per heavy atom. The molecular formula is C14H20N2O2. The first kappa shape index (κ1) is 12.7. The van der Waals surface area contributed by atoms with Crippen molar-refractivity contribution >= 4 is 11.8 Å². The molecule has 0 radical (unpaired) electrons. The topological polar surface area (TPSA) is 64.3 Å². The number of carbonyl (C=O) groups excluding carboxylic acids is 1. The average molecular weight is 248 g/mol. The molecule has 0 saturated heterocycles. The second kappa shape index (κ2) is 4.52. The Hall–Kier alpha value is -1.71. The lowest BCUT2D eigenvalue weighted by molar-refractivity contribution is 0.0504. The lowest BCUT2D eigenvalue weighted by Gasteiger charge is -2.22. The third-order valence-electron chi connectivity index (χ3n) is 2.94. The summed E-state index contributed by atoms with van der Waals surface area (Å²) < 4.78 is 5.26. The quantitative estimate of drug-likeness (QED) is 0.751. The molecule has 1 amide bonds. The van der Waals surface area contributed by atoms with Crippen molar-refractivity contribution in [1.82, 2.24) is 5.32 Å². The van der Waals surface area contributed by atoms with Crippen molar-refractivity contribution in [3.63, 3.8) is 0 Å². The van der Waals surface area contributed by atoms with Gasteiger partial charge in [0.2, 0.25) is 0 Å². The van der Waals surface area contributed by atoms with Crippen LogP contribution in [0.15, 0.2) is 18.2 Å². The molecule has 0 aromatic heterocycles. The summed E-state index contributed by atoms with van der Waals surface area (Å²) in [6.45, 7) is 5.57. The summed E-state index contributed by atoms with van der Waals surface area (Å²) in [5, 5.41) is 2.91. The minimum atomic E-state index is -0.466. The maximum atomic E-state index is 11.7. The fourth-order valence-corrected chi connectivity index (χ4v) is 2.24. The first-order valence-corrected chi connectivity index (χ1v) is 6.23. The van der Waals surface area contributed by atoms with Gasteiger partial charge < -0.3 is 15.8 Å². The van der Waals surface area contributed by atoms with Gasteiger partial charge in [0, 0.05) is 5.69 Å². The van der Waals surface area contributed by atoms with Gasteiger partial charge in [0.05, 0.1) is 6.04 Å². The molecule has 0 saturated carbocycles. The van der Waals surface area contributed by atoms with Crippen LogP contribution in [0.5, 0.6) is 0 Å². The molecule has 1 aromatic carbocycles. The third kappa shape index (κ3) is 2.94. The zero-order valence-corrected chi connectivity index (χ0v) is 11.1. The first-order valence-electron chi connectivity index (χ1n) is 6.23. The van der Waals surface area contributed by atoms with Crippen LogP contribution in [0.4, 0.5) is 10.5 Å². The van der Waals surface area contributed by atoms with E-state index in [-0.39, 0.29) is 12.1 Å². The molecule has 1 aromatic rings. The lowest BCUT2D eigenvalue weighted by Crippen LogP contribution is -2.34. The zero-order valence-electron chi connectivity index (χ0n) is 11.1. The molecule has 1 aliphatic carbocycles. The fourth-order valence-electron chi connectivity index (χ4n) is 2.24. The van der Waals surface area contributed by atoms with Crippen LogP contribution in [0.3, 0.4) is 0 Å². The number of anilines is 1. The number of nitrogens with two attached hydrogens (primary N) is 1. The van der Waals surface area contributed by atoms with Crippen molar-refractivity contribution in [3.8, 4) is 0 Å². The predicted octanol–water partition coefficient (Wildman–Crippen LogP) is 2.78. The summed E-state index contributed by atoms with van der Waals surface area (Å²) in [7, 11) is 0. The number of benzene rings is 1. The van der Waals surface area contributed by atoms with E-state index in [1.54, 1.807) is 0 Å². The van der Waals surface area contributed by atoms with Gasteiger partial charge in [-0.1, -0.05) is 6.07 Å². The Kier molecular flexibility index (Phi) is 3.20. The second-order valence-corrected chi connectivity index (χ2v) is 5.70. The zero-order chi connectivity index (χ0) is 13.3. The maximum absolute atomic E-state index is 11.7. The molecule has 2 rings (SSSR count). The smallest absolute Gasteiger partial charge is 0.408 e. The highest BCUT2D eigenvalue weighted by Gasteiger charge is 2.26. The lowest BCUT2D eigenvalue weighted by atomic mass is 10.1. The van der Waals surface area contributed by atoms with Gasteiger partial charge in [0.15, 0.2) is 0 Å². The highest BCUT2D eigenvalue weighted by atomic mass is 16.6. The van der Waals surface area contributed by atoms with Crippen LogP contribution >= 0.6 is 0 Å². The van der Waals surface area contributed by atoms with E-state index < -0.39 is 5.60 Å². The monoisotopic (exact) mass is 248 g/mol. The molecule has 0 unspecified atom stereocenters. The number of ether oxygens (including phenoxy) is 1. The minimum Gasteiger partial charge on any atom is -0.444 e. The minimum absolute atomic E-state index is 0.0375. The number of nitrogen functional groups attached to an aromatic ring is 1. The number of nitrogens with one attached hydrogen (secondary N) is 1. The van der Waals surface area contributed by atoms with Crippen molar-refractivity contribution in [1.29, 1.82) is 0 Å². The normalized spacial score (nSPS) is 18.3. The van der Waals surface area contributed by atoms with Crippen LogP contribution in [-0.4, -0.2) is 11.7 Å². The van der Waals surface area contributed by atoms with Gasteiger partial charge in [-0.05, 0) is 56.9 Å². The summed E-state index contributed by atoms with van der Waals surface area (Å²) in [4.78, 5) is 11.7. The molecule has 0 spiro atoms. The second-order valence-electron chi connectivity index (χ2n) is 5.70. The van der Waals surface area contributed by atoms with E-state index in [0.717, 1.165) is 24.1 Å². The van der Waals surface area contributed by atoms with Gasteiger partial charge in [-0.3, -0.25) is 0 Å². The Labute approximate surface area is 108 Å². The molecular weight excluding hydrogens is 228 g/mol. The number of fused-ring (bicyclic) bond motifs is 1. The fraction of sp³-hybridized carbons (Fsp3) is 0.500. The van der Waals surface area contributed by atoms with E-state index in [9.17, 15) is 4.79 Å². The Morgan fingerprint density at radius 1 is 1.44 bits per heavy atom. The summed E-state index contributed by atoms with van der Waals surface area (Å²) in [6.07, 6.45) is 1.48. The molecule has 4 heteroatoms. The number of hydrogen-bond donors (Lipinski definition) is 2. The van der Waals surface area contributed by atoms with Crippen molar-refractivity contribution in [2.75, 3.05) is 5.73 Å². The molecule has 1 aliphatic rings. The molecule has 0 heterocycles. The molecule has 18 heavy (non-hydrogen) atoms. The Morgan fingerprint density at radius 2 is 2.17 bits per heavy atom. The number of amides is 1. The predicted molar refractivity (Wildman–Crippen MR) is 71.3 cm³/mol. The van der Waals surface area contributed by atoms with Gasteiger partial charge in [-0.15, -0.1) is 0 Å². The van der Waals surface area contributed by atoms with E-state index >= 15 is 0 Å². The average Bonchev–Trinajstić information content (AvgIpc) is 2.57. The number of alkyl carbamates (subject to hydrolysis) is 1. The van der Waals surface area contributed by atoms with E-state index in [1.165, 1.54) is 5.56 Å². The summed E-state index contributed by atoms with van der Waals surface area (Å²) >= 11 is 0. The Bertz CT molecular complexity index is 463. The van der Waals surface area contributed by atoms with E-state index in [0.29, 0.717) is 0 Å². The molecule has 4 nitrogen and oxygen atoms in total. The molecule has 3 N–H and O–H groups in total. The van der Waals surface area contributed by atoms with Crippen LogP contribution in [0.2, 0.25) is 0 Å². The summed E-state index contributed by atoms with van der Waals surface area (Å²) in [5.74, 6) is 0. The van der Waals surface area contributed by atoms with Gasteiger partial charge in [0.1, 0.15) is 5.60 Å². The number of hydrogen-bond acceptors (Lipinski definition) is 3. The summed E-state index contributed by atoms with van der Waals surface area (Å²) in [6, 6.07) is 5.87. The van der Waals surface area contributed by atoms with E-state index in [2.05, 4.69) is 5.32 Å². The largest absolute Gasteiger partial charge is 0.444 e. The summed E-state index contributed by atoms with van der Waals surface area (Å²) in [5.41, 5.74) is 8.42. The van der Waals surface area contributed by atoms with E-state index in [4.69, 9.17) is 10.5 Å². The van der Waals surface area contributed by atoms with Gasteiger partial charge in [0.25, 0.3) is 0 Å². The van der Waals surface area contributed by atoms with Gasteiger partial charge >= 0.3 is 6.09 Å². The van der Waals surface area contributed by atoms with Crippen LogP contribution in [-0.2, 0) is 11.2 Å². The van der Waals surface area contributed by atoms with Crippen LogP contribution < -0.4 is 11.1 Å². The Balaban J connectivity index is 2.04. The molecule has 98 valence electrons. The number of rotatable bonds is 1. The van der Waals surface area contributed by atoms with Crippen LogP contribution in [0.25, 0.3) is 0 Å². The standard InChI is InChI=1S/C14H20N2O2/c1-14(2,3)18-13(17)16-12-7-4-9-8-10(15)5-6-11(9)12/h5-6,8,12H,4,7,15H2,1-3H3,(H,16,17)/t12-/m0/s1. The van der Waals surface area contributed by atoms with E-state index in [1.807, 2.05) is 39.0 Å². The third-order valence-corrected chi connectivity index (χ3v) is 2.94. The van der Waals surface area contributed by atoms with Gasteiger partial charge in [-0.2, -0.15) is 0 Å². The molecule has 0 fully saturated rings. The number of aryl methyl sites for hydroxylation is 1. The highest BCUT2D eigenvalue weighted by molar-refractivity contribution is 5.69. The molecule has 0 bridgehead atoms. The maximum Gasteiger partial charge on any atom is 0.408 e. The van der Waals surface area contributed by atoms with Crippen molar-refractivity contribution in [3.05, 3.63) is 29.3 Å². The first-order chi connectivity index (χ1) is 8.35. The van der Waals surface area contributed by atoms with Crippen LogP contribution in [0, 0.1) is 0 Å². The van der Waals surface area contributed by atoms with Gasteiger partial charge in [-0.25, -0.2) is 4.79 Å². The van der Waals surface area contributed by atoms with Crippen molar-refractivity contribution < 1.29 is 9.53 Å².